The fourth-order valence-corrected chi connectivity index (χ4v) is 3.85. The number of hydrogen-bond acceptors (Lipinski definition) is 6. The molecular formula is C26H27N5O3. The average molecular weight is 458 g/mol. The number of fused-ring (bicyclic) bond motifs is 1. The van der Waals surface area contributed by atoms with Crippen molar-refractivity contribution in [2.45, 2.75) is 33.4 Å². The fraction of sp³-hybridized carbons (Fsp3) is 0.231. The van der Waals surface area contributed by atoms with Crippen molar-refractivity contribution in [3.05, 3.63) is 83.6 Å². The molecule has 0 spiro atoms. The van der Waals surface area contributed by atoms with Gasteiger partial charge in [0, 0.05) is 42.5 Å². The van der Waals surface area contributed by atoms with Crippen LogP contribution in [0.25, 0.3) is 10.9 Å². The van der Waals surface area contributed by atoms with Crippen LogP contribution in [0, 0.1) is 13.8 Å². The zero-order chi connectivity index (χ0) is 23.9. The number of amides is 1. The topological polar surface area (TPSA) is 90.6 Å². The number of hydrogen-bond donors (Lipinski definition) is 1. The molecular weight excluding hydrogens is 430 g/mol. The third kappa shape index (κ3) is 5.40. The first-order valence-electron chi connectivity index (χ1n) is 11.0. The molecule has 0 unspecified atom stereocenters. The Hall–Kier alpha value is -4.20. The van der Waals surface area contributed by atoms with Gasteiger partial charge < -0.3 is 14.0 Å². The standard InChI is InChI=1S/C26H27N5O3/c1-18-5-4-6-22-26(18)19(2)16-31(22)12-9-25(32)30-29-14-20-7-8-23(24(13-20)33-3)34-17-21-15-27-10-11-28-21/h4-8,10-11,13-16H,9,12,17H2,1-3H3,(H,30,32). The van der Waals surface area contributed by atoms with Crippen LogP contribution in [0.1, 0.15) is 28.8 Å². The van der Waals surface area contributed by atoms with E-state index in [0.717, 1.165) is 16.8 Å². The number of nitrogens with one attached hydrogen (secondary N) is 1. The Balaban J connectivity index is 1.32. The Bertz CT molecular complexity index is 1320. The lowest BCUT2D eigenvalue weighted by atomic mass is 10.1. The Morgan fingerprint density at radius 3 is 2.82 bits per heavy atom. The largest absolute Gasteiger partial charge is 0.493 e. The molecule has 0 bridgehead atoms. The van der Waals surface area contributed by atoms with Crippen LogP contribution in [0.5, 0.6) is 11.5 Å². The second kappa shape index (κ2) is 10.6. The summed E-state index contributed by atoms with van der Waals surface area (Å²) in [6, 6.07) is 11.6. The van der Waals surface area contributed by atoms with E-state index in [1.165, 1.54) is 16.5 Å². The van der Waals surface area contributed by atoms with Crippen molar-refractivity contribution < 1.29 is 14.3 Å². The first-order valence-corrected chi connectivity index (χ1v) is 11.0. The Kier molecular flexibility index (Phi) is 7.17. The second-order valence-electron chi connectivity index (χ2n) is 7.91. The quantitative estimate of drug-likeness (QED) is 0.301. The predicted octanol–water partition coefficient (Wildman–Crippen LogP) is 4.18. The number of carbonyl (C=O) groups is 1. The highest BCUT2D eigenvalue weighted by Crippen LogP contribution is 2.28. The molecule has 0 atom stereocenters. The maximum Gasteiger partial charge on any atom is 0.241 e. The van der Waals surface area contributed by atoms with Crippen LogP contribution in [-0.2, 0) is 17.9 Å². The van der Waals surface area contributed by atoms with Crippen LogP contribution < -0.4 is 14.9 Å². The minimum atomic E-state index is -0.153. The van der Waals surface area contributed by atoms with Gasteiger partial charge in [-0.15, -0.1) is 0 Å². The van der Waals surface area contributed by atoms with Gasteiger partial charge in [0.1, 0.15) is 6.61 Å². The third-order valence-electron chi connectivity index (χ3n) is 5.47. The molecule has 8 heteroatoms. The lowest BCUT2D eigenvalue weighted by molar-refractivity contribution is -0.121. The molecule has 174 valence electrons. The molecule has 4 rings (SSSR count). The van der Waals surface area contributed by atoms with Crippen molar-refractivity contribution >= 4 is 23.0 Å². The normalized spacial score (nSPS) is 11.1. The van der Waals surface area contributed by atoms with E-state index in [0.29, 0.717) is 24.5 Å². The van der Waals surface area contributed by atoms with Crippen molar-refractivity contribution in [1.29, 1.82) is 0 Å². The van der Waals surface area contributed by atoms with E-state index >= 15 is 0 Å². The van der Waals surface area contributed by atoms with Crippen molar-refractivity contribution in [3.63, 3.8) is 0 Å². The number of methoxy groups -OCH3 is 1. The van der Waals surface area contributed by atoms with Crippen LogP contribution >= 0.6 is 0 Å². The summed E-state index contributed by atoms with van der Waals surface area (Å²) in [5.41, 5.74) is 7.68. The SMILES string of the molecule is COc1cc(C=NNC(=O)CCn2cc(C)c3c(C)cccc32)ccc1OCc1cnccn1. The van der Waals surface area contributed by atoms with Gasteiger partial charge in [0.2, 0.25) is 5.91 Å². The molecule has 2 heterocycles. The molecule has 4 aromatic rings. The van der Waals surface area contributed by atoms with Gasteiger partial charge in [-0.3, -0.25) is 14.8 Å². The first kappa shape index (κ1) is 23.0. The summed E-state index contributed by atoms with van der Waals surface area (Å²) in [7, 11) is 1.57. The highest BCUT2D eigenvalue weighted by molar-refractivity contribution is 5.87. The fourth-order valence-electron chi connectivity index (χ4n) is 3.85. The van der Waals surface area contributed by atoms with E-state index in [1.807, 2.05) is 12.1 Å². The number of carbonyl (C=O) groups excluding carboxylic acids is 1. The van der Waals surface area contributed by atoms with Crippen molar-refractivity contribution in [2.24, 2.45) is 5.10 Å². The summed E-state index contributed by atoms with van der Waals surface area (Å²) < 4.78 is 13.3. The van der Waals surface area contributed by atoms with Crippen LogP contribution in [0.15, 0.2) is 66.3 Å². The van der Waals surface area contributed by atoms with Crippen molar-refractivity contribution in [3.8, 4) is 11.5 Å². The van der Waals surface area contributed by atoms with Gasteiger partial charge in [0.05, 0.1) is 25.2 Å². The number of benzene rings is 2. The lowest BCUT2D eigenvalue weighted by Crippen LogP contribution is -2.19. The molecule has 0 aliphatic carbocycles. The van der Waals surface area contributed by atoms with Gasteiger partial charge in [-0.05, 0) is 54.8 Å². The molecule has 0 radical (unpaired) electrons. The highest BCUT2D eigenvalue weighted by atomic mass is 16.5. The van der Waals surface area contributed by atoms with Crippen molar-refractivity contribution in [2.75, 3.05) is 7.11 Å². The molecule has 1 N–H and O–H groups in total. The minimum Gasteiger partial charge on any atom is -0.493 e. The van der Waals surface area contributed by atoms with Crippen molar-refractivity contribution in [1.82, 2.24) is 20.0 Å². The van der Waals surface area contributed by atoms with Gasteiger partial charge in [-0.1, -0.05) is 12.1 Å². The number of nitrogens with zero attached hydrogens (tertiary/aromatic N) is 4. The molecule has 8 nitrogen and oxygen atoms in total. The molecule has 0 fully saturated rings. The Morgan fingerprint density at radius 1 is 1.15 bits per heavy atom. The summed E-state index contributed by atoms with van der Waals surface area (Å²) in [5, 5.41) is 5.33. The maximum absolute atomic E-state index is 12.3. The monoisotopic (exact) mass is 457 g/mol. The molecule has 0 saturated heterocycles. The van der Waals surface area contributed by atoms with E-state index in [-0.39, 0.29) is 12.5 Å². The van der Waals surface area contributed by atoms with Gasteiger partial charge in [-0.25, -0.2) is 5.43 Å². The van der Waals surface area contributed by atoms with Crippen LogP contribution in [0.4, 0.5) is 0 Å². The van der Waals surface area contributed by atoms with Gasteiger partial charge in [0.15, 0.2) is 11.5 Å². The van der Waals surface area contributed by atoms with E-state index in [9.17, 15) is 4.79 Å². The second-order valence-corrected chi connectivity index (χ2v) is 7.91. The Labute approximate surface area is 198 Å². The molecule has 1 amide bonds. The molecule has 0 saturated carbocycles. The van der Waals surface area contributed by atoms with Crippen LogP contribution in [0.3, 0.4) is 0 Å². The average Bonchev–Trinajstić information content (AvgIpc) is 3.19. The number of rotatable bonds is 9. The smallest absolute Gasteiger partial charge is 0.241 e. The summed E-state index contributed by atoms with van der Waals surface area (Å²) in [4.78, 5) is 20.5. The highest BCUT2D eigenvalue weighted by Gasteiger charge is 2.09. The van der Waals surface area contributed by atoms with Gasteiger partial charge in [0.25, 0.3) is 0 Å². The molecule has 0 aliphatic heterocycles. The molecule has 0 aliphatic rings. The van der Waals surface area contributed by atoms with Gasteiger partial charge in [-0.2, -0.15) is 5.10 Å². The minimum absolute atomic E-state index is 0.153. The van der Waals surface area contributed by atoms with E-state index in [1.54, 1.807) is 44.0 Å². The van der Waals surface area contributed by atoms with E-state index in [2.05, 4.69) is 57.2 Å². The zero-order valence-corrected chi connectivity index (χ0v) is 19.5. The van der Waals surface area contributed by atoms with Gasteiger partial charge >= 0.3 is 0 Å². The third-order valence-corrected chi connectivity index (χ3v) is 5.47. The number of hydrazone groups is 1. The predicted molar refractivity (Wildman–Crippen MR) is 131 cm³/mol. The number of ether oxygens (including phenoxy) is 2. The summed E-state index contributed by atoms with van der Waals surface area (Å²) in [6.07, 6.45) is 8.87. The van der Waals surface area contributed by atoms with E-state index in [4.69, 9.17) is 9.47 Å². The Morgan fingerprint density at radius 2 is 2.03 bits per heavy atom. The maximum atomic E-state index is 12.3. The molecule has 2 aromatic carbocycles. The summed E-state index contributed by atoms with van der Waals surface area (Å²) >= 11 is 0. The lowest BCUT2D eigenvalue weighted by Gasteiger charge is -2.10. The number of aryl methyl sites for hydroxylation is 3. The number of aromatic nitrogens is 3. The first-order chi connectivity index (χ1) is 16.5. The van der Waals surface area contributed by atoms with Crippen LogP contribution in [-0.4, -0.2) is 33.8 Å². The zero-order valence-electron chi connectivity index (χ0n) is 19.5. The summed E-state index contributed by atoms with van der Waals surface area (Å²) in [6.45, 7) is 5.06. The summed E-state index contributed by atoms with van der Waals surface area (Å²) in [5.74, 6) is 0.988. The molecule has 2 aromatic heterocycles. The molecule has 34 heavy (non-hydrogen) atoms. The van der Waals surface area contributed by atoms with Crippen LogP contribution in [0.2, 0.25) is 0 Å². The van der Waals surface area contributed by atoms with E-state index < -0.39 is 0 Å².